The third kappa shape index (κ3) is 8.12. The van der Waals surface area contributed by atoms with Crippen LogP contribution in [-0.4, -0.2) is 35.8 Å². The number of aliphatic imine (C=N–C) groups is 1. The van der Waals surface area contributed by atoms with E-state index >= 15 is 0 Å². The highest BCUT2D eigenvalue weighted by molar-refractivity contribution is 5.91. The molecule has 0 fully saturated rings. The Morgan fingerprint density at radius 1 is 0.903 bits per heavy atom. The minimum atomic E-state index is -0.486. The smallest absolute Gasteiger partial charge is 0.343 e. The van der Waals surface area contributed by atoms with Crippen molar-refractivity contribution in [1.29, 1.82) is 0 Å². The molecule has 0 spiro atoms. The van der Waals surface area contributed by atoms with Gasteiger partial charge >= 0.3 is 5.97 Å². The summed E-state index contributed by atoms with van der Waals surface area (Å²) in [5.41, 5.74) is 12.5. The summed E-state index contributed by atoms with van der Waals surface area (Å²) in [6.45, 7) is 9.93. The standard InChI is InChI=1S/C24H32N4O3/c1-16(2)14-28(15-17(3)4)22(29)13-18-5-11-21(12-6-18)31-23(30)19-7-9-20(10-8-19)27-24(25)26/h5-12,16-17H,13-15H2,1-4H3,(H4,25,26,27). The van der Waals surface area contributed by atoms with Crippen LogP contribution in [0.1, 0.15) is 43.6 Å². The maximum atomic E-state index is 12.7. The summed E-state index contributed by atoms with van der Waals surface area (Å²) in [7, 11) is 0. The van der Waals surface area contributed by atoms with Crippen molar-refractivity contribution in [1.82, 2.24) is 4.90 Å². The lowest BCUT2D eigenvalue weighted by molar-refractivity contribution is -0.131. The molecule has 2 aromatic rings. The van der Waals surface area contributed by atoms with Gasteiger partial charge in [0.05, 0.1) is 17.7 Å². The number of ether oxygens (including phenoxy) is 1. The van der Waals surface area contributed by atoms with E-state index in [0.717, 1.165) is 18.7 Å². The molecular formula is C24H32N4O3. The SMILES string of the molecule is CC(C)CN(CC(C)C)C(=O)Cc1ccc(OC(=O)c2ccc(N=C(N)N)cc2)cc1. The van der Waals surface area contributed by atoms with Gasteiger partial charge in [0.1, 0.15) is 5.75 Å². The van der Waals surface area contributed by atoms with Gasteiger partial charge in [0.25, 0.3) is 0 Å². The van der Waals surface area contributed by atoms with E-state index in [2.05, 4.69) is 32.7 Å². The minimum absolute atomic E-state index is 0.0505. The predicted molar refractivity (Wildman–Crippen MR) is 123 cm³/mol. The van der Waals surface area contributed by atoms with Gasteiger partial charge in [-0.1, -0.05) is 39.8 Å². The van der Waals surface area contributed by atoms with Crippen LogP contribution in [0.15, 0.2) is 53.5 Å². The van der Waals surface area contributed by atoms with Gasteiger partial charge in [-0.25, -0.2) is 9.79 Å². The largest absolute Gasteiger partial charge is 0.423 e. The normalized spacial score (nSPS) is 10.8. The second kappa shape index (κ2) is 11.2. The molecule has 1 amide bonds. The van der Waals surface area contributed by atoms with Crippen LogP contribution in [0, 0.1) is 11.8 Å². The second-order valence-corrected chi connectivity index (χ2v) is 8.38. The van der Waals surface area contributed by atoms with Gasteiger partial charge in [-0.2, -0.15) is 0 Å². The Morgan fingerprint density at radius 2 is 1.45 bits per heavy atom. The number of amides is 1. The molecule has 0 unspecified atom stereocenters. The van der Waals surface area contributed by atoms with E-state index in [0.29, 0.717) is 35.3 Å². The molecule has 0 aliphatic carbocycles. The van der Waals surface area contributed by atoms with E-state index in [1.807, 2.05) is 17.0 Å². The first kappa shape index (κ1) is 23.9. The number of benzene rings is 2. The molecule has 0 saturated heterocycles. The van der Waals surface area contributed by atoms with Crippen LogP contribution in [0.5, 0.6) is 5.75 Å². The number of nitrogens with two attached hydrogens (primary N) is 2. The van der Waals surface area contributed by atoms with E-state index in [1.165, 1.54) is 0 Å². The van der Waals surface area contributed by atoms with Crippen molar-refractivity contribution >= 4 is 23.5 Å². The van der Waals surface area contributed by atoms with Crippen LogP contribution in [0.25, 0.3) is 0 Å². The highest BCUT2D eigenvalue weighted by Crippen LogP contribution is 2.18. The molecule has 0 heterocycles. The molecule has 7 heteroatoms. The van der Waals surface area contributed by atoms with E-state index in [9.17, 15) is 9.59 Å². The first-order valence-corrected chi connectivity index (χ1v) is 10.4. The summed E-state index contributed by atoms with van der Waals surface area (Å²) in [4.78, 5) is 30.9. The van der Waals surface area contributed by atoms with Gasteiger partial charge in [-0.3, -0.25) is 4.79 Å². The van der Waals surface area contributed by atoms with Crippen LogP contribution in [-0.2, 0) is 11.2 Å². The lowest BCUT2D eigenvalue weighted by atomic mass is 10.1. The van der Waals surface area contributed by atoms with Crippen molar-refractivity contribution in [2.75, 3.05) is 13.1 Å². The number of carbonyl (C=O) groups is 2. The number of guanidine groups is 1. The summed E-state index contributed by atoms with van der Waals surface area (Å²) >= 11 is 0. The highest BCUT2D eigenvalue weighted by atomic mass is 16.5. The maximum Gasteiger partial charge on any atom is 0.343 e. The summed E-state index contributed by atoms with van der Waals surface area (Å²) in [5.74, 6) is 0.810. The molecule has 0 aromatic heterocycles. The van der Waals surface area contributed by atoms with Crippen LogP contribution in [0.3, 0.4) is 0 Å². The molecule has 7 nitrogen and oxygen atoms in total. The third-order valence-corrected chi connectivity index (χ3v) is 4.37. The highest BCUT2D eigenvalue weighted by Gasteiger charge is 2.17. The molecule has 166 valence electrons. The zero-order valence-corrected chi connectivity index (χ0v) is 18.7. The molecule has 2 rings (SSSR count). The van der Waals surface area contributed by atoms with Crippen molar-refractivity contribution < 1.29 is 14.3 Å². The van der Waals surface area contributed by atoms with Crippen LogP contribution in [0.2, 0.25) is 0 Å². The fourth-order valence-corrected chi connectivity index (χ4v) is 3.11. The Kier molecular flexibility index (Phi) is 8.61. The van der Waals surface area contributed by atoms with Crippen LogP contribution < -0.4 is 16.2 Å². The van der Waals surface area contributed by atoms with Gasteiger partial charge in [0.15, 0.2) is 5.96 Å². The van der Waals surface area contributed by atoms with E-state index < -0.39 is 5.97 Å². The molecule has 0 saturated carbocycles. The topological polar surface area (TPSA) is 111 Å². The molecule has 0 aliphatic rings. The number of hydrogen-bond acceptors (Lipinski definition) is 4. The molecule has 4 N–H and O–H groups in total. The monoisotopic (exact) mass is 424 g/mol. The quantitative estimate of drug-likeness (QED) is 0.277. The average Bonchev–Trinajstić information content (AvgIpc) is 2.68. The van der Waals surface area contributed by atoms with Gasteiger partial charge in [-0.15, -0.1) is 0 Å². The van der Waals surface area contributed by atoms with E-state index in [4.69, 9.17) is 16.2 Å². The Labute approximate surface area is 184 Å². The minimum Gasteiger partial charge on any atom is -0.423 e. The van der Waals surface area contributed by atoms with Crippen molar-refractivity contribution in [3.8, 4) is 5.75 Å². The zero-order valence-electron chi connectivity index (χ0n) is 18.7. The lowest BCUT2D eigenvalue weighted by Crippen LogP contribution is -2.37. The van der Waals surface area contributed by atoms with E-state index in [1.54, 1.807) is 36.4 Å². The molecule has 0 atom stereocenters. The molecular weight excluding hydrogens is 392 g/mol. The van der Waals surface area contributed by atoms with Gasteiger partial charge in [-0.05, 0) is 53.8 Å². The molecule has 0 radical (unpaired) electrons. The Hall–Kier alpha value is -3.35. The number of esters is 1. The average molecular weight is 425 g/mol. The fraction of sp³-hybridized carbons (Fsp3) is 0.375. The molecule has 0 aliphatic heterocycles. The predicted octanol–water partition coefficient (Wildman–Crippen LogP) is 3.49. The molecule has 2 aromatic carbocycles. The van der Waals surface area contributed by atoms with Crippen molar-refractivity contribution in [2.45, 2.75) is 34.1 Å². The summed E-state index contributed by atoms with van der Waals surface area (Å²) in [5, 5.41) is 0. The van der Waals surface area contributed by atoms with Crippen molar-refractivity contribution in [2.24, 2.45) is 28.3 Å². The number of carbonyl (C=O) groups excluding carboxylic acids is 2. The van der Waals surface area contributed by atoms with Crippen molar-refractivity contribution in [3.05, 3.63) is 59.7 Å². The first-order chi connectivity index (χ1) is 14.6. The van der Waals surface area contributed by atoms with Gasteiger partial charge in [0.2, 0.25) is 5.91 Å². The number of rotatable bonds is 9. The number of hydrogen-bond donors (Lipinski definition) is 2. The van der Waals surface area contributed by atoms with Gasteiger partial charge < -0.3 is 21.1 Å². The lowest BCUT2D eigenvalue weighted by Gasteiger charge is -2.26. The summed E-state index contributed by atoms with van der Waals surface area (Å²) < 4.78 is 5.41. The Balaban J connectivity index is 1.98. The van der Waals surface area contributed by atoms with E-state index in [-0.39, 0.29) is 11.9 Å². The summed E-state index contributed by atoms with van der Waals surface area (Å²) in [6.07, 6.45) is 0.319. The third-order valence-electron chi connectivity index (χ3n) is 4.37. The maximum absolute atomic E-state index is 12.7. The molecule has 0 bridgehead atoms. The van der Waals surface area contributed by atoms with Crippen LogP contribution in [0.4, 0.5) is 5.69 Å². The fourth-order valence-electron chi connectivity index (χ4n) is 3.11. The number of nitrogens with zero attached hydrogens (tertiary/aromatic N) is 2. The van der Waals surface area contributed by atoms with Gasteiger partial charge in [0, 0.05) is 13.1 Å². The first-order valence-electron chi connectivity index (χ1n) is 10.4. The van der Waals surface area contributed by atoms with Crippen molar-refractivity contribution in [3.63, 3.8) is 0 Å². The molecule has 31 heavy (non-hydrogen) atoms. The Morgan fingerprint density at radius 3 is 1.94 bits per heavy atom. The second-order valence-electron chi connectivity index (χ2n) is 8.38. The van der Waals surface area contributed by atoms with Crippen LogP contribution >= 0.6 is 0 Å². The summed E-state index contributed by atoms with van der Waals surface area (Å²) in [6, 6.07) is 13.5. The zero-order chi connectivity index (χ0) is 23.0. The Bertz CT molecular complexity index is 889.